The summed E-state index contributed by atoms with van der Waals surface area (Å²) >= 11 is 0. The topological polar surface area (TPSA) is 58.4 Å². The lowest BCUT2D eigenvalue weighted by molar-refractivity contribution is -0.122. The molecule has 0 bridgehead atoms. The normalized spacial score (nSPS) is 18.2. The van der Waals surface area contributed by atoms with Gasteiger partial charge in [-0.1, -0.05) is 32.6 Å². The number of carbonyl (C=O) groups is 1. The van der Waals surface area contributed by atoms with E-state index in [0.29, 0.717) is 6.54 Å². The van der Waals surface area contributed by atoms with Crippen molar-refractivity contribution in [2.75, 3.05) is 20.1 Å². The van der Waals surface area contributed by atoms with Gasteiger partial charge in [0.05, 0.1) is 6.04 Å². The van der Waals surface area contributed by atoms with E-state index < -0.39 is 0 Å². The predicted octanol–water partition coefficient (Wildman–Crippen LogP) is 1.49. The molecule has 18 heavy (non-hydrogen) atoms. The lowest BCUT2D eigenvalue weighted by atomic mass is 10.1. The first-order valence-corrected chi connectivity index (χ1v) is 7.38. The van der Waals surface area contributed by atoms with Crippen molar-refractivity contribution in [1.29, 1.82) is 0 Å². The Labute approximate surface area is 111 Å². The van der Waals surface area contributed by atoms with Crippen molar-refractivity contribution < 1.29 is 4.79 Å². The SMILES string of the molecule is CCCC[C@H](N)C(=O)NCCN(C)C1CCCC1. The zero-order valence-corrected chi connectivity index (χ0v) is 12.0. The van der Waals surface area contributed by atoms with Crippen LogP contribution in [0.25, 0.3) is 0 Å². The maximum atomic E-state index is 11.7. The van der Waals surface area contributed by atoms with Crippen LogP contribution < -0.4 is 11.1 Å². The highest BCUT2D eigenvalue weighted by molar-refractivity contribution is 5.81. The van der Waals surface area contributed by atoms with Gasteiger partial charge in [-0.25, -0.2) is 0 Å². The zero-order valence-electron chi connectivity index (χ0n) is 12.0. The van der Waals surface area contributed by atoms with E-state index in [4.69, 9.17) is 5.73 Å². The number of likely N-dealkylation sites (N-methyl/N-ethyl adjacent to an activating group) is 1. The third kappa shape index (κ3) is 5.36. The van der Waals surface area contributed by atoms with Gasteiger partial charge in [-0.3, -0.25) is 4.79 Å². The Morgan fingerprint density at radius 2 is 2.11 bits per heavy atom. The minimum absolute atomic E-state index is 0.00303. The molecule has 0 saturated heterocycles. The number of rotatable bonds is 8. The Morgan fingerprint density at radius 1 is 1.44 bits per heavy atom. The number of hydrogen-bond acceptors (Lipinski definition) is 3. The van der Waals surface area contributed by atoms with E-state index >= 15 is 0 Å². The van der Waals surface area contributed by atoms with Crippen LogP contribution in [-0.4, -0.2) is 43.0 Å². The van der Waals surface area contributed by atoms with Gasteiger partial charge in [0, 0.05) is 19.1 Å². The molecule has 1 aliphatic carbocycles. The van der Waals surface area contributed by atoms with Crippen LogP contribution in [0.4, 0.5) is 0 Å². The highest BCUT2D eigenvalue weighted by Crippen LogP contribution is 2.21. The minimum Gasteiger partial charge on any atom is -0.353 e. The van der Waals surface area contributed by atoms with Crippen molar-refractivity contribution >= 4 is 5.91 Å². The van der Waals surface area contributed by atoms with E-state index in [1.54, 1.807) is 0 Å². The second kappa shape index (κ2) is 8.48. The van der Waals surface area contributed by atoms with Crippen LogP contribution in [0.1, 0.15) is 51.9 Å². The summed E-state index contributed by atoms with van der Waals surface area (Å²) in [6, 6.07) is 0.386. The molecule has 4 heteroatoms. The molecule has 1 aliphatic rings. The summed E-state index contributed by atoms with van der Waals surface area (Å²) in [7, 11) is 2.15. The van der Waals surface area contributed by atoms with Crippen LogP contribution in [-0.2, 0) is 4.79 Å². The quantitative estimate of drug-likeness (QED) is 0.691. The molecule has 0 aliphatic heterocycles. The van der Waals surface area contributed by atoms with Gasteiger partial charge in [0.1, 0.15) is 0 Å². The molecule has 0 unspecified atom stereocenters. The molecule has 0 aromatic heterocycles. The van der Waals surface area contributed by atoms with Crippen molar-refractivity contribution in [2.45, 2.75) is 64.0 Å². The fourth-order valence-corrected chi connectivity index (χ4v) is 2.57. The molecular formula is C14H29N3O. The molecule has 0 radical (unpaired) electrons. The van der Waals surface area contributed by atoms with E-state index in [2.05, 4.69) is 24.2 Å². The van der Waals surface area contributed by atoms with E-state index in [-0.39, 0.29) is 11.9 Å². The Kier molecular flexibility index (Phi) is 7.28. The third-order valence-electron chi connectivity index (χ3n) is 3.92. The number of nitrogens with zero attached hydrogens (tertiary/aromatic N) is 1. The van der Waals surface area contributed by atoms with Gasteiger partial charge in [-0.2, -0.15) is 0 Å². The molecule has 4 nitrogen and oxygen atoms in total. The molecule has 1 rings (SSSR count). The second-order valence-electron chi connectivity index (χ2n) is 5.46. The first-order valence-electron chi connectivity index (χ1n) is 7.38. The smallest absolute Gasteiger partial charge is 0.236 e. The van der Waals surface area contributed by atoms with Crippen LogP contribution in [0.2, 0.25) is 0 Å². The lowest BCUT2D eigenvalue weighted by Gasteiger charge is -2.24. The Bertz CT molecular complexity index is 239. The molecular weight excluding hydrogens is 226 g/mol. The molecule has 0 aromatic rings. The Balaban J connectivity index is 2.10. The van der Waals surface area contributed by atoms with Crippen LogP contribution in [0.3, 0.4) is 0 Å². The van der Waals surface area contributed by atoms with Gasteiger partial charge in [0.2, 0.25) is 5.91 Å². The fourth-order valence-electron chi connectivity index (χ4n) is 2.57. The first kappa shape index (κ1) is 15.4. The summed E-state index contributed by atoms with van der Waals surface area (Å²) in [5.74, 6) is 0.00303. The minimum atomic E-state index is -0.332. The second-order valence-corrected chi connectivity index (χ2v) is 5.46. The monoisotopic (exact) mass is 255 g/mol. The van der Waals surface area contributed by atoms with Crippen LogP contribution in [0.15, 0.2) is 0 Å². The van der Waals surface area contributed by atoms with Crippen molar-refractivity contribution in [2.24, 2.45) is 5.73 Å². The number of nitrogens with two attached hydrogens (primary N) is 1. The highest BCUT2D eigenvalue weighted by atomic mass is 16.2. The summed E-state index contributed by atoms with van der Waals surface area (Å²) < 4.78 is 0. The zero-order chi connectivity index (χ0) is 13.4. The lowest BCUT2D eigenvalue weighted by Crippen LogP contribution is -2.44. The van der Waals surface area contributed by atoms with Crippen LogP contribution in [0, 0.1) is 0 Å². The predicted molar refractivity (Wildman–Crippen MR) is 75.4 cm³/mol. The van der Waals surface area contributed by atoms with E-state index in [1.165, 1.54) is 25.7 Å². The first-order chi connectivity index (χ1) is 8.65. The summed E-state index contributed by atoms with van der Waals surface area (Å²) in [6.45, 7) is 3.75. The van der Waals surface area contributed by atoms with E-state index in [9.17, 15) is 4.79 Å². The molecule has 1 saturated carbocycles. The largest absolute Gasteiger partial charge is 0.353 e. The van der Waals surface area contributed by atoms with Crippen LogP contribution >= 0.6 is 0 Å². The number of amides is 1. The average molecular weight is 255 g/mol. The average Bonchev–Trinajstić information content (AvgIpc) is 2.89. The number of carbonyl (C=O) groups excluding carboxylic acids is 1. The third-order valence-corrected chi connectivity index (χ3v) is 3.92. The van der Waals surface area contributed by atoms with Gasteiger partial charge in [-0.15, -0.1) is 0 Å². The summed E-state index contributed by atoms with van der Waals surface area (Å²) in [5.41, 5.74) is 5.82. The van der Waals surface area contributed by atoms with Crippen molar-refractivity contribution in [3.63, 3.8) is 0 Å². The molecule has 106 valence electrons. The summed E-state index contributed by atoms with van der Waals surface area (Å²) in [5, 5.41) is 2.94. The number of unbranched alkanes of at least 4 members (excludes halogenated alkanes) is 1. The molecule has 1 fully saturated rings. The number of nitrogens with one attached hydrogen (secondary N) is 1. The molecule has 1 atom stereocenters. The molecule has 0 spiro atoms. The van der Waals surface area contributed by atoms with Crippen molar-refractivity contribution in [3.8, 4) is 0 Å². The maximum Gasteiger partial charge on any atom is 0.236 e. The van der Waals surface area contributed by atoms with Crippen molar-refractivity contribution in [1.82, 2.24) is 10.2 Å². The number of hydrogen-bond donors (Lipinski definition) is 2. The molecule has 0 heterocycles. The Hall–Kier alpha value is -0.610. The van der Waals surface area contributed by atoms with Gasteiger partial charge < -0.3 is 16.0 Å². The summed E-state index contributed by atoms with van der Waals surface area (Å²) in [4.78, 5) is 14.1. The molecule has 1 amide bonds. The Morgan fingerprint density at radius 3 is 2.72 bits per heavy atom. The molecule has 0 aromatic carbocycles. The van der Waals surface area contributed by atoms with Crippen LogP contribution in [0.5, 0.6) is 0 Å². The van der Waals surface area contributed by atoms with Gasteiger partial charge in [0.15, 0.2) is 0 Å². The standard InChI is InChI=1S/C14H29N3O/c1-3-4-9-13(15)14(18)16-10-11-17(2)12-7-5-6-8-12/h12-13H,3-11,15H2,1-2H3,(H,16,18)/t13-/m0/s1. The fraction of sp³-hybridized carbons (Fsp3) is 0.929. The van der Waals surface area contributed by atoms with Gasteiger partial charge >= 0.3 is 0 Å². The van der Waals surface area contributed by atoms with Crippen molar-refractivity contribution in [3.05, 3.63) is 0 Å². The van der Waals surface area contributed by atoms with Gasteiger partial charge in [0.25, 0.3) is 0 Å². The summed E-state index contributed by atoms with van der Waals surface area (Å²) in [6.07, 6.45) is 8.22. The highest BCUT2D eigenvalue weighted by Gasteiger charge is 2.19. The molecule has 3 N–H and O–H groups in total. The van der Waals surface area contributed by atoms with E-state index in [1.807, 2.05) is 0 Å². The van der Waals surface area contributed by atoms with E-state index in [0.717, 1.165) is 31.8 Å². The van der Waals surface area contributed by atoms with Gasteiger partial charge in [-0.05, 0) is 26.3 Å². The maximum absolute atomic E-state index is 11.7.